The Morgan fingerprint density at radius 3 is 1.92 bits per heavy atom. The third kappa shape index (κ3) is 33.5. The fraction of sp³-hybridized carbons (Fsp3) is 1.00. The van der Waals surface area contributed by atoms with Crippen LogP contribution in [0.15, 0.2) is 0 Å². The minimum absolute atomic E-state index is 0. The van der Waals surface area contributed by atoms with Gasteiger partial charge in [0.15, 0.2) is 0 Å². The number of aliphatic hydroxyl groups is 1. The molecule has 0 amide bonds. The molecule has 0 heterocycles. The predicted octanol–water partition coefficient (Wildman–Crippen LogP) is 3.06. The van der Waals surface area contributed by atoms with E-state index in [9.17, 15) is 0 Å². The number of aliphatic hydroxyl groups excluding tert-OH is 1. The molecule has 86 valence electrons. The van der Waals surface area contributed by atoms with Crippen LogP contribution in [0.4, 0.5) is 0 Å². The first kappa shape index (κ1) is 18.7. The zero-order valence-corrected chi connectivity index (χ0v) is 10.2. The van der Waals surface area contributed by atoms with Crippen molar-refractivity contribution in [1.29, 1.82) is 0 Å². The Kier molecular flexibility index (Phi) is 42.6. The maximum Gasteiger partial charge on any atom is 0.0555 e. The van der Waals surface area contributed by atoms with E-state index < -0.39 is 0 Å². The molecule has 0 aliphatic heterocycles. The third-order valence-electron chi connectivity index (χ3n) is 1.25. The maximum atomic E-state index is 8.36. The molecule has 13 heavy (non-hydrogen) atoms. The lowest BCUT2D eigenvalue weighted by molar-refractivity contribution is 0.292. The quantitative estimate of drug-likeness (QED) is 0.635. The van der Waals surface area contributed by atoms with E-state index in [2.05, 4.69) is 12.2 Å². The normalized spacial score (nSPS) is 7.85. The van der Waals surface area contributed by atoms with Gasteiger partial charge < -0.3 is 10.4 Å². The zero-order valence-electron chi connectivity index (χ0n) is 10.2. The van der Waals surface area contributed by atoms with Crippen molar-refractivity contribution in [3.05, 3.63) is 0 Å². The van der Waals surface area contributed by atoms with Gasteiger partial charge in [0.05, 0.1) is 6.61 Å². The highest BCUT2D eigenvalue weighted by Crippen LogP contribution is 1.90. The Balaban J connectivity index is -0.0000000883. The van der Waals surface area contributed by atoms with Crippen molar-refractivity contribution in [3.8, 4) is 0 Å². The Morgan fingerprint density at radius 2 is 1.54 bits per heavy atom. The monoisotopic (exact) mass is 193 g/mol. The molecule has 0 aromatic rings. The van der Waals surface area contributed by atoms with Crippen LogP contribution >= 0.6 is 0 Å². The van der Waals surface area contributed by atoms with Crippen LogP contribution < -0.4 is 5.32 Å². The maximum absolute atomic E-state index is 8.36. The van der Waals surface area contributed by atoms with Crippen LogP contribution in [-0.4, -0.2) is 24.8 Å². The fourth-order valence-electron chi connectivity index (χ4n) is 0.704. The first-order valence-electron chi connectivity index (χ1n) is 5.73. The Morgan fingerprint density at radius 1 is 1.00 bits per heavy atom. The topological polar surface area (TPSA) is 32.3 Å². The van der Waals surface area contributed by atoms with E-state index in [1.54, 1.807) is 0 Å². The lowest BCUT2D eigenvalue weighted by Gasteiger charge is -1.99. The largest absolute Gasteiger partial charge is 0.395 e. The number of hydrogen-bond acceptors (Lipinski definition) is 2. The highest BCUT2D eigenvalue weighted by atomic mass is 16.3. The average molecular weight is 193 g/mol. The van der Waals surface area contributed by atoms with Crippen LogP contribution in [-0.2, 0) is 0 Å². The van der Waals surface area contributed by atoms with Crippen LogP contribution in [0.1, 0.15) is 55.3 Å². The zero-order chi connectivity index (χ0) is 10.9. The average Bonchev–Trinajstić information content (AvgIpc) is 2.24. The van der Waals surface area contributed by atoms with Crippen molar-refractivity contribution in [3.63, 3.8) is 0 Å². The second-order valence-corrected chi connectivity index (χ2v) is 2.18. The Hall–Kier alpha value is -0.0800. The highest BCUT2D eigenvalue weighted by molar-refractivity contribution is 4.45. The summed E-state index contributed by atoms with van der Waals surface area (Å²) in [6.45, 7) is 12.2. The van der Waals surface area contributed by atoms with E-state index in [0.29, 0.717) is 0 Å². The molecule has 0 saturated heterocycles. The molecule has 0 aliphatic rings. The summed E-state index contributed by atoms with van der Waals surface area (Å²) in [5, 5.41) is 11.5. The smallest absolute Gasteiger partial charge is 0.0555 e. The van der Waals surface area contributed by atoms with E-state index in [0.717, 1.165) is 13.1 Å². The van der Waals surface area contributed by atoms with Crippen molar-refractivity contribution in [2.75, 3.05) is 19.7 Å². The second-order valence-electron chi connectivity index (χ2n) is 2.18. The molecule has 0 spiro atoms. The molecular formula is C11H31NO. The Labute approximate surface area is 86.2 Å². The molecule has 0 bridgehead atoms. The first-order chi connectivity index (χ1) is 6.41. The molecule has 0 aromatic carbocycles. The van der Waals surface area contributed by atoms with Gasteiger partial charge in [0.25, 0.3) is 0 Å². The van der Waals surface area contributed by atoms with Gasteiger partial charge >= 0.3 is 0 Å². The van der Waals surface area contributed by atoms with E-state index in [1.807, 2.05) is 27.7 Å². The standard InChI is InChI=1S/C7H17NO.2C2H6.H2/c1-2-3-4-5-8-6-7-9;2*1-2;/h8-9H,2-7H2,1H3;2*1-2H3;1H. The van der Waals surface area contributed by atoms with Gasteiger partial charge in [-0.25, -0.2) is 0 Å². The molecule has 2 heteroatoms. The van der Waals surface area contributed by atoms with Crippen LogP contribution in [0.5, 0.6) is 0 Å². The summed E-state index contributed by atoms with van der Waals surface area (Å²) < 4.78 is 0. The number of hydrogen-bond donors (Lipinski definition) is 2. The molecule has 2 N–H and O–H groups in total. The molecule has 2 nitrogen and oxygen atoms in total. The SMILES string of the molecule is CC.CC.CCCCCNCCO.[HH]. The summed E-state index contributed by atoms with van der Waals surface area (Å²) in [6, 6.07) is 0. The summed E-state index contributed by atoms with van der Waals surface area (Å²) in [7, 11) is 0. The predicted molar refractivity (Wildman–Crippen MR) is 64.3 cm³/mol. The number of nitrogens with one attached hydrogen (secondary N) is 1. The highest BCUT2D eigenvalue weighted by Gasteiger charge is 1.84. The van der Waals surface area contributed by atoms with E-state index in [4.69, 9.17) is 5.11 Å². The van der Waals surface area contributed by atoms with Crippen LogP contribution in [0.3, 0.4) is 0 Å². The lowest BCUT2D eigenvalue weighted by Crippen LogP contribution is -2.19. The minimum atomic E-state index is 0. The third-order valence-corrected chi connectivity index (χ3v) is 1.25. The number of rotatable bonds is 6. The molecule has 0 saturated carbocycles. The van der Waals surface area contributed by atoms with Gasteiger partial charge in [-0.3, -0.25) is 0 Å². The second kappa shape index (κ2) is 29.7. The van der Waals surface area contributed by atoms with Crippen molar-refractivity contribution in [2.24, 2.45) is 0 Å². The summed E-state index contributed by atoms with van der Waals surface area (Å²) >= 11 is 0. The van der Waals surface area contributed by atoms with E-state index in [-0.39, 0.29) is 8.03 Å². The van der Waals surface area contributed by atoms with Gasteiger partial charge in [-0.2, -0.15) is 0 Å². The van der Waals surface area contributed by atoms with Crippen LogP contribution in [0, 0.1) is 0 Å². The molecule has 0 aliphatic carbocycles. The van der Waals surface area contributed by atoms with E-state index >= 15 is 0 Å². The molecule has 0 radical (unpaired) electrons. The molecule has 0 fully saturated rings. The van der Waals surface area contributed by atoms with Crippen molar-refractivity contribution in [2.45, 2.75) is 53.9 Å². The van der Waals surface area contributed by atoms with Gasteiger partial charge in [-0.05, 0) is 13.0 Å². The van der Waals surface area contributed by atoms with E-state index in [1.165, 1.54) is 19.3 Å². The fourth-order valence-corrected chi connectivity index (χ4v) is 0.704. The van der Waals surface area contributed by atoms with Crippen molar-refractivity contribution >= 4 is 0 Å². The molecular weight excluding hydrogens is 162 g/mol. The van der Waals surface area contributed by atoms with Gasteiger partial charge in [-0.1, -0.05) is 47.5 Å². The molecule has 0 unspecified atom stereocenters. The summed E-state index contributed by atoms with van der Waals surface area (Å²) in [4.78, 5) is 0. The van der Waals surface area contributed by atoms with Gasteiger partial charge in [-0.15, -0.1) is 0 Å². The van der Waals surface area contributed by atoms with Crippen molar-refractivity contribution < 1.29 is 6.53 Å². The molecule has 0 aromatic heterocycles. The molecule has 0 atom stereocenters. The summed E-state index contributed by atoms with van der Waals surface area (Å²) in [5.41, 5.74) is 0. The first-order valence-corrected chi connectivity index (χ1v) is 5.73. The molecule has 0 rings (SSSR count). The minimum Gasteiger partial charge on any atom is -0.395 e. The number of unbranched alkanes of at least 4 members (excludes halogenated alkanes) is 2. The van der Waals surface area contributed by atoms with Crippen molar-refractivity contribution in [1.82, 2.24) is 5.32 Å². The van der Waals surface area contributed by atoms with Crippen LogP contribution in [0.25, 0.3) is 0 Å². The summed E-state index contributed by atoms with van der Waals surface area (Å²) in [5.74, 6) is 0. The Bertz CT molecular complexity index is 48.6. The summed E-state index contributed by atoms with van der Waals surface area (Å²) in [6.07, 6.45) is 3.79. The van der Waals surface area contributed by atoms with Gasteiger partial charge in [0.2, 0.25) is 0 Å². The van der Waals surface area contributed by atoms with Crippen LogP contribution in [0.2, 0.25) is 0 Å². The van der Waals surface area contributed by atoms with Gasteiger partial charge in [0, 0.05) is 7.97 Å². The lowest BCUT2D eigenvalue weighted by atomic mass is 10.2. The van der Waals surface area contributed by atoms with Gasteiger partial charge in [0.1, 0.15) is 0 Å².